The smallest absolute Gasteiger partial charge is 0.229 e. The van der Waals surface area contributed by atoms with Gasteiger partial charge in [0.05, 0.1) is 26.0 Å². The molecule has 32 heavy (non-hydrogen) atoms. The molecule has 0 unspecified atom stereocenters. The number of nitrogens with one attached hydrogen (secondary N) is 2. The molecule has 1 aromatic carbocycles. The molecular weight excluding hydrogens is 413 g/mol. The van der Waals surface area contributed by atoms with E-state index in [0.717, 1.165) is 50.0 Å². The van der Waals surface area contributed by atoms with Crippen LogP contribution >= 0.6 is 0 Å². The summed E-state index contributed by atoms with van der Waals surface area (Å²) in [7, 11) is 0. The highest BCUT2D eigenvalue weighted by atomic mass is 19.1. The van der Waals surface area contributed by atoms with Gasteiger partial charge in [-0.1, -0.05) is 6.58 Å². The van der Waals surface area contributed by atoms with E-state index in [4.69, 9.17) is 9.47 Å². The molecule has 4 rings (SSSR count). The van der Waals surface area contributed by atoms with Gasteiger partial charge >= 0.3 is 0 Å². The minimum absolute atomic E-state index is 0.00499. The average Bonchev–Trinajstić information content (AvgIpc) is 3.31. The van der Waals surface area contributed by atoms with Crippen molar-refractivity contribution >= 4 is 23.2 Å². The Morgan fingerprint density at radius 3 is 2.94 bits per heavy atom. The highest BCUT2D eigenvalue weighted by Crippen LogP contribution is 2.23. The molecule has 2 aromatic rings. The van der Waals surface area contributed by atoms with Crippen LogP contribution in [0.25, 0.3) is 0 Å². The van der Waals surface area contributed by atoms with Crippen LogP contribution in [-0.4, -0.2) is 65.6 Å². The monoisotopic (exact) mass is 441 g/mol. The topological polar surface area (TPSA) is 88.6 Å². The van der Waals surface area contributed by atoms with Gasteiger partial charge in [-0.15, -0.1) is 0 Å². The number of halogens is 1. The van der Waals surface area contributed by atoms with E-state index < -0.39 is 5.82 Å². The van der Waals surface area contributed by atoms with Crippen LogP contribution in [0.5, 0.6) is 5.75 Å². The van der Waals surface area contributed by atoms with Gasteiger partial charge in [-0.25, -0.2) is 9.37 Å². The predicted molar refractivity (Wildman–Crippen MR) is 120 cm³/mol. The van der Waals surface area contributed by atoms with Crippen molar-refractivity contribution in [2.45, 2.75) is 31.4 Å². The molecule has 0 spiro atoms. The maximum absolute atomic E-state index is 14.3. The minimum atomic E-state index is -0.516. The van der Waals surface area contributed by atoms with Gasteiger partial charge in [0.15, 0.2) is 17.4 Å². The molecule has 2 fully saturated rings. The van der Waals surface area contributed by atoms with Crippen LogP contribution in [0.4, 0.5) is 21.8 Å². The third-order valence-corrected chi connectivity index (χ3v) is 5.50. The summed E-state index contributed by atoms with van der Waals surface area (Å²) in [6.07, 6.45) is 5.26. The van der Waals surface area contributed by atoms with Crippen molar-refractivity contribution in [2.24, 2.45) is 0 Å². The van der Waals surface area contributed by atoms with E-state index in [1.54, 1.807) is 0 Å². The normalized spacial score (nSPS) is 21.2. The molecule has 0 amide bonds. The van der Waals surface area contributed by atoms with Crippen LogP contribution in [-0.2, 0) is 9.53 Å². The van der Waals surface area contributed by atoms with Gasteiger partial charge in [0, 0.05) is 24.7 Å². The van der Waals surface area contributed by atoms with E-state index in [0.29, 0.717) is 25.6 Å². The third kappa shape index (κ3) is 6.02. The Hall–Kier alpha value is -3.04. The minimum Gasteiger partial charge on any atom is -0.488 e. The molecule has 3 heterocycles. The largest absolute Gasteiger partial charge is 0.488 e. The lowest BCUT2D eigenvalue weighted by atomic mass is 10.1. The number of nitrogens with zero attached hydrogens (tertiary/aromatic N) is 3. The highest BCUT2D eigenvalue weighted by Gasteiger charge is 2.22. The van der Waals surface area contributed by atoms with Crippen LogP contribution in [0, 0.1) is 5.82 Å². The third-order valence-electron chi connectivity index (χ3n) is 5.50. The SMILES string of the molecule is C=CC(=O)CN1CCC[C@@H](Nc2nc(Nc3ccc(O[C@H]4CCOC4)cc3)ncc2F)C1. The molecule has 0 aliphatic carbocycles. The zero-order valence-electron chi connectivity index (χ0n) is 17.9. The predicted octanol–water partition coefficient (Wildman–Crippen LogP) is 3.16. The van der Waals surface area contributed by atoms with Gasteiger partial charge in [-0.05, 0) is 49.7 Å². The highest BCUT2D eigenvalue weighted by molar-refractivity contribution is 5.90. The van der Waals surface area contributed by atoms with Gasteiger partial charge in [-0.2, -0.15) is 4.98 Å². The van der Waals surface area contributed by atoms with Gasteiger partial charge in [0.1, 0.15) is 11.9 Å². The second-order valence-corrected chi connectivity index (χ2v) is 8.03. The summed E-state index contributed by atoms with van der Waals surface area (Å²) < 4.78 is 25.5. The molecule has 170 valence electrons. The number of ketones is 1. The Balaban J connectivity index is 1.36. The first-order chi connectivity index (χ1) is 15.6. The summed E-state index contributed by atoms with van der Waals surface area (Å²) in [6.45, 7) is 6.67. The Bertz CT molecular complexity index is 934. The fourth-order valence-corrected chi connectivity index (χ4v) is 3.87. The molecule has 0 saturated carbocycles. The second kappa shape index (κ2) is 10.5. The van der Waals surface area contributed by atoms with E-state index >= 15 is 0 Å². The molecule has 0 bridgehead atoms. The standard InChI is InChI=1S/C23H28FN5O3/c1-2-18(30)14-29-10-3-4-17(13-29)26-22-21(24)12-25-23(28-22)27-16-5-7-19(8-6-16)32-20-9-11-31-15-20/h2,5-8,12,17,20H,1,3-4,9-11,13-15H2,(H2,25,26,27,28)/t17-,20+/m1/s1. The number of rotatable bonds is 9. The number of anilines is 3. The summed E-state index contributed by atoms with van der Waals surface area (Å²) in [5.41, 5.74) is 0.768. The van der Waals surface area contributed by atoms with Gasteiger partial charge in [-0.3, -0.25) is 9.69 Å². The van der Waals surface area contributed by atoms with E-state index in [1.807, 2.05) is 29.2 Å². The zero-order valence-corrected chi connectivity index (χ0v) is 17.9. The zero-order chi connectivity index (χ0) is 22.3. The van der Waals surface area contributed by atoms with E-state index in [-0.39, 0.29) is 23.7 Å². The molecule has 2 atom stereocenters. The lowest BCUT2D eigenvalue weighted by Crippen LogP contribution is -2.44. The molecule has 8 nitrogen and oxygen atoms in total. The molecular formula is C23H28FN5O3. The number of hydrogen-bond donors (Lipinski definition) is 2. The quantitative estimate of drug-likeness (QED) is 0.574. The van der Waals surface area contributed by atoms with Crippen LogP contribution in [0.1, 0.15) is 19.3 Å². The molecule has 2 aliphatic rings. The van der Waals surface area contributed by atoms with Gasteiger partial charge in [0.25, 0.3) is 0 Å². The summed E-state index contributed by atoms with van der Waals surface area (Å²) in [5, 5.41) is 6.27. The first kappa shape index (κ1) is 22.2. The summed E-state index contributed by atoms with van der Waals surface area (Å²) in [5.74, 6) is 0.674. The van der Waals surface area contributed by atoms with Crippen LogP contribution < -0.4 is 15.4 Å². The fraction of sp³-hybridized carbons (Fsp3) is 0.435. The Labute approximate surface area is 186 Å². The number of carbonyl (C=O) groups is 1. The number of ether oxygens (including phenoxy) is 2. The fourth-order valence-electron chi connectivity index (χ4n) is 3.87. The van der Waals surface area contributed by atoms with Crippen molar-refractivity contribution in [1.29, 1.82) is 0 Å². The molecule has 2 N–H and O–H groups in total. The second-order valence-electron chi connectivity index (χ2n) is 8.03. The maximum Gasteiger partial charge on any atom is 0.229 e. The Kier molecular flexibility index (Phi) is 7.28. The first-order valence-electron chi connectivity index (χ1n) is 10.9. The molecule has 2 aliphatic heterocycles. The summed E-state index contributed by atoms with van der Waals surface area (Å²) in [4.78, 5) is 22.0. The lowest BCUT2D eigenvalue weighted by Gasteiger charge is -2.32. The summed E-state index contributed by atoms with van der Waals surface area (Å²) >= 11 is 0. The number of benzene rings is 1. The van der Waals surface area contributed by atoms with Crippen LogP contribution in [0.15, 0.2) is 43.1 Å². The van der Waals surface area contributed by atoms with Crippen molar-refractivity contribution in [1.82, 2.24) is 14.9 Å². The van der Waals surface area contributed by atoms with Crippen molar-refractivity contribution in [3.8, 4) is 5.75 Å². The summed E-state index contributed by atoms with van der Waals surface area (Å²) in [6, 6.07) is 7.45. The maximum atomic E-state index is 14.3. The van der Waals surface area contributed by atoms with Gasteiger partial charge < -0.3 is 20.1 Å². The molecule has 2 saturated heterocycles. The number of carbonyl (C=O) groups excluding carboxylic acids is 1. The number of hydrogen-bond acceptors (Lipinski definition) is 8. The Morgan fingerprint density at radius 1 is 1.34 bits per heavy atom. The van der Waals surface area contributed by atoms with Gasteiger partial charge in [0.2, 0.25) is 5.95 Å². The van der Waals surface area contributed by atoms with Crippen LogP contribution in [0.2, 0.25) is 0 Å². The average molecular weight is 442 g/mol. The number of likely N-dealkylation sites (tertiary alicyclic amines) is 1. The Morgan fingerprint density at radius 2 is 2.19 bits per heavy atom. The van der Waals surface area contributed by atoms with Crippen molar-refractivity contribution < 1.29 is 18.7 Å². The lowest BCUT2D eigenvalue weighted by molar-refractivity contribution is -0.115. The first-order valence-corrected chi connectivity index (χ1v) is 10.9. The molecule has 9 heteroatoms. The van der Waals surface area contributed by atoms with Crippen LogP contribution in [0.3, 0.4) is 0 Å². The van der Waals surface area contributed by atoms with Crippen molar-refractivity contribution in [3.05, 3.63) is 48.9 Å². The molecule has 0 radical (unpaired) electrons. The number of aromatic nitrogens is 2. The van der Waals surface area contributed by atoms with Crippen molar-refractivity contribution in [2.75, 3.05) is 43.5 Å². The molecule has 1 aromatic heterocycles. The van der Waals surface area contributed by atoms with E-state index in [9.17, 15) is 9.18 Å². The number of piperidine rings is 1. The van der Waals surface area contributed by atoms with Crippen molar-refractivity contribution in [3.63, 3.8) is 0 Å². The van der Waals surface area contributed by atoms with E-state index in [2.05, 4.69) is 27.2 Å². The van der Waals surface area contributed by atoms with E-state index in [1.165, 1.54) is 6.08 Å².